The minimum atomic E-state index is -3.46. The van der Waals surface area contributed by atoms with Crippen LogP contribution in [-0.2, 0) is 14.8 Å². The molecule has 2 saturated heterocycles. The molecular formula is C26H34N6O5S. The van der Waals surface area contributed by atoms with Crippen LogP contribution >= 0.6 is 0 Å². The van der Waals surface area contributed by atoms with Crippen molar-refractivity contribution in [3.63, 3.8) is 0 Å². The van der Waals surface area contributed by atoms with Gasteiger partial charge in [-0.15, -0.1) is 0 Å². The number of aliphatic hydroxyl groups is 1. The summed E-state index contributed by atoms with van der Waals surface area (Å²) >= 11 is 0. The fourth-order valence-electron chi connectivity index (χ4n) is 4.73. The summed E-state index contributed by atoms with van der Waals surface area (Å²) in [6, 6.07) is 9.92. The number of morpholine rings is 1. The number of β-amino-alcohol motifs (C(OH)–C–C–N with tert-alkyl or cyclic N) is 1. The molecule has 0 radical (unpaired) electrons. The van der Waals surface area contributed by atoms with Crippen LogP contribution in [-0.4, -0.2) is 116 Å². The Morgan fingerprint density at radius 3 is 2.66 bits per heavy atom. The lowest BCUT2D eigenvalue weighted by Gasteiger charge is -2.32. The molecule has 3 aromatic rings. The number of fused-ring (bicyclic) bond motifs is 1. The number of aromatic nitrogens is 3. The van der Waals surface area contributed by atoms with Gasteiger partial charge in [0, 0.05) is 70.5 Å². The number of ether oxygens (including phenoxy) is 2. The first-order chi connectivity index (χ1) is 18.3. The average Bonchev–Trinajstić information content (AvgIpc) is 3.35. The average molecular weight is 543 g/mol. The number of nitrogens with zero attached hydrogens (tertiary/aromatic N) is 6. The molecule has 12 heteroatoms. The van der Waals surface area contributed by atoms with E-state index in [-0.39, 0.29) is 25.0 Å². The van der Waals surface area contributed by atoms with Crippen molar-refractivity contribution in [2.24, 2.45) is 0 Å². The molecule has 1 N–H and O–H groups in total. The van der Waals surface area contributed by atoms with E-state index < -0.39 is 16.1 Å². The molecule has 0 spiro atoms. The van der Waals surface area contributed by atoms with Gasteiger partial charge in [-0.25, -0.2) is 18.4 Å². The highest BCUT2D eigenvalue weighted by atomic mass is 32.2. The quantitative estimate of drug-likeness (QED) is 0.423. The summed E-state index contributed by atoms with van der Waals surface area (Å²) in [6.45, 7) is 2.60. The molecular weight excluding hydrogens is 508 g/mol. The van der Waals surface area contributed by atoms with Crippen LogP contribution in [0.4, 0.5) is 5.69 Å². The van der Waals surface area contributed by atoms with E-state index in [1.54, 1.807) is 12.4 Å². The van der Waals surface area contributed by atoms with Crippen molar-refractivity contribution in [3.8, 4) is 17.1 Å². The Labute approximate surface area is 223 Å². The topological polar surface area (TPSA) is 121 Å². The SMILES string of the molecule is CN(C)c1ccc(-c2cc3nccnc3c(OC[C@@H]3CN(S(=O)(=O)CCN4CC[C@@H](O)C4)CCO3)n2)cc1. The molecule has 4 heterocycles. The number of likely N-dealkylation sites (tertiary alicyclic amines) is 1. The van der Waals surface area contributed by atoms with Gasteiger partial charge in [0.15, 0.2) is 5.52 Å². The van der Waals surface area contributed by atoms with E-state index in [1.807, 2.05) is 54.2 Å². The van der Waals surface area contributed by atoms with Crippen molar-refractivity contribution in [3.05, 3.63) is 42.7 Å². The Kier molecular flexibility index (Phi) is 8.05. The fourth-order valence-corrected chi connectivity index (χ4v) is 6.22. The third-order valence-electron chi connectivity index (χ3n) is 6.92. The van der Waals surface area contributed by atoms with Gasteiger partial charge in [0.1, 0.15) is 12.7 Å². The Morgan fingerprint density at radius 2 is 1.92 bits per heavy atom. The van der Waals surface area contributed by atoms with E-state index >= 15 is 0 Å². The summed E-state index contributed by atoms with van der Waals surface area (Å²) in [4.78, 5) is 17.6. The van der Waals surface area contributed by atoms with Gasteiger partial charge in [0.2, 0.25) is 15.9 Å². The van der Waals surface area contributed by atoms with Crippen LogP contribution in [0.3, 0.4) is 0 Å². The van der Waals surface area contributed by atoms with Gasteiger partial charge in [-0.3, -0.25) is 9.88 Å². The number of benzene rings is 1. The maximum Gasteiger partial charge on any atom is 0.242 e. The molecule has 0 saturated carbocycles. The predicted molar refractivity (Wildman–Crippen MR) is 145 cm³/mol. The van der Waals surface area contributed by atoms with Crippen LogP contribution in [0.5, 0.6) is 5.88 Å². The zero-order valence-electron chi connectivity index (χ0n) is 21.7. The lowest BCUT2D eigenvalue weighted by atomic mass is 10.1. The summed E-state index contributed by atoms with van der Waals surface area (Å²) in [5, 5.41) is 9.70. The Balaban J connectivity index is 1.27. The van der Waals surface area contributed by atoms with Gasteiger partial charge < -0.3 is 19.5 Å². The van der Waals surface area contributed by atoms with Crippen LogP contribution in [0.15, 0.2) is 42.7 Å². The second-order valence-corrected chi connectivity index (χ2v) is 12.0. The van der Waals surface area contributed by atoms with E-state index in [9.17, 15) is 13.5 Å². The minimum Gasteiger partial charge on any atom is -0.473 e. The molecule has 5 rings (SSSR count). The molecule has 0 bridgehead atoms. The fraction of sp³-hybridized carbons (Fsp3) is 0.500. The maximum atomic E-state index is 13.0. The highest BCUT2D eigenvalue weighted by Gasteiger charge is 2.31. The van der Waals surface area contributed by atoms with Gasteiger partial charge in [0.25, 0.3) is 0 Å². The number of pyridine rings is 1. The summed E-state index contributed by atoms with van der Waals surface area (Å²) in [7, 11) is 0.521. The molecule has 2 aliphatic heterocycles. The lowest BCUT2D eigenvalue weighted by Crippen LogP contribution is -2.49. The third-order valence-corrected chi connectivity index (χ3v) is 8.73. The van der Waals surface area contributed by atoms with E-state index in [1.165, 1.54) is 4.31 Å². The molecule has 1 aromatic carbocycles. The monoisotopic (exact) mass is 542 g/mol. The number of anilines is 1. The highest BCUT2D eigenvalue weighted by Crippen LogP contribution is 2.28. The van der Waals surface area contributed by atoms with Crippen LogP contribution in [0.1, 0.15) is 6.42 Å². The molecule has 2 aromatic heterocycles. The molecule has 38 heavy (non-hydrogen) atoms. The summed E-state index contributed by atoms with van der Waals surface area (Å²) < 4.78 is 39.4. The van der Waals surface area contributed by atoms with Crippen LogP contribution < -0.4 is 9.64 Å². The number of aliphatic hydroxyl groups excluding tert-OH is 1. The van der Waals surface area contributed by atoms with E-state index in [0.29, 0.717) is 55.3 Å². The molecule has 2 atom stereocenters. The van der Waals surface area contributed by atoms with Gasteiger partial charge in [0.05, 0.1) is 29.7 Å². The predicted octanol–water partition coefficient (Wildman–Crippen LogP) is 1.23. The van der Waals surface area contributed by atoms with Crippen LogP contribution in [0.25, 0.3) is 22.3 Å². The van der Waals surface area contributed by atoms with Gasteiger partial charge in [-0.1, -0.05) is 12.1 Å². The van der Waals surface area contributed by atoms with Crippen molar-refractivity contribution < 1.29 is 23.0 Å². The number of hydrogen-bond donors (Lipinski definition) is 1. The van der Waals surface area contributed by atoms with Crippen LogP contribution in [0, 0.1) is 0 Å². The molecule has 2 fully saturated rings. The minimum absolute atomic E-state index is 0.0176. The van der Waals surface area contributed by atoms with Crippen molar-refractivity contribution in [1.82, 2.24) is 24.2 Å². The normalized spacial score (nSPS) is 21.1. The van der Waals surface area contributed by atoms with E-state index in [4.69, 9.17) is 14.5 Å². The molecule has 204 valence electrons. The van der Waals surface area contributed by atoms with Gasteiger partial charge in [-0.2, -0.15) is 4.31 Å². The number of sulfonamides is 1. The summed E-state index contributed by atoms with van der Waals surface area (Å²) in [6.07, 6.45) is 3.09. The molecule has 11 nitrogen and oxygen atoms in total. The first kappa shape index (κ1) is 26.7. The number of hydrogen-bond acceptors (Lipinski definition) is 10. The second kappa shape index (κ2) is 11.5. The molecule has 2 aliphatic rings. The van der Waals surface area contributed by atoms with Crippen LogP contribution in [0.2, 0.25) is 0 Å². The lowest BCUT2D eigenvalue weighted by molar-refractivity contribution is -0.0254. The van der Waals surface area contributed by atoms with E-state index in [0.717, 1.165) is 17.8 Å². The van der Waals surface area contributed by atoms with Crippen molar-refractivity contribution >= 4 is 26.7 Å². The maximum absolute atomic E-state index is 13.0. The molecule has 0 amide bonds. The number of rotatable bonds is 9. The zero-order chi connectivity index (χ0) is 26.7. The van der Waals surface area contributed by atoms with Crippen molar-refractivity contribution in [2.45, 2.75) is 18.6 Å². The first-order valence-electron chi connectivity index (χ1n) is 12.8. The largest absolute Gasteiger partial charge is 0.473 e. The van der Waals surface area contributed by atoms with Crippen molar-refractivity contribution in [1.29, 1.82) is 0 Å². The summed E-state index contributed by atoms with van der Waals surface area (Å²) in [5.74, 6) is 0.350. The highest BCUT2D eigenvalue weighted by molar-refractivity contribution is 7.89. The zero-order valence-corrected chi connectivity index (χ0v) is 22.5. The standard InChI is InChI=1S/C26H34N6O5S/c1-30(2)20-5-3-19(4-6-20)23-15-24-25(28-9-8-27-24)26(29-23)37-18-22-17-32(11-13-36-22)38(34,35)14-12-31-10-7-21(33)16-31/h3-6,8-9,15,21-22,33H,7,10-14,16-18H2,1-2H3/t21-,22+/m1/s1. The Bertz CT molecular complexity index is 1350. The van der Waals surface area contributed by atoms with Gasteiger partial charge >= 0.3 is 0 Å². The smallest absolute Gasteiger partial charge is 0.242 e. The first-order valence-corrected chi connectivity index (χ1v) is 14.4. The molecule has 0 unspecified atom stereocenters. The van der Waals surface area contributed by atoms with E-state index in [2.05, 4.69) is 9.97 Å². The Hall–Kier alpha value is -2.90. The molecule has 0 aliphatic carbocycles. The van der Waals surface area contributed by atoms with Crippen molar-refractivity contribution in [2.75, 3.05) is 70.7 Å². The summed E-state index contributed by atoms with van der Waals surface area (Å²) in [5.41, 5.74) is 3.90. The van der Waals surface area contributed by atoms with Gasteiger partial charge in [-0.05, 0) is 24.6 Å². The second-order valence-electron chi connectivity index (χ2n) is 9.90. The Morgan fingerprint density at radius 1 is 1.13 bits per heavy atom. The third kappa shape index (κ3) is 6.21.